The summed E-state index contributed by atoms with van der Waals surface area (Å²) in [5.41, 5.74) is 1.84. The van der Waals surface area contributed by atoms with E-state index < -0.39 is 14.8 Å². The summed E-state index contributed by atoms with van der Waals surface area (Å²) in [6, 6.07) is 7.85. The Hall–Kier alpha value is -1.64. The van der Waals surface area contributed by atoms with Crippen LogP contribution in [0.3, 0.4) is 0 Å². The third kappa shape index (κ3) is 7.28. The maximum Gasteiger partial charge on any atom is 0.224 e. The molecule has 164 valence electrons. The molecule has 0 aromatic heterocycles. The largest absolute Gasteiger partial charge is 0.372 e. The predicted molar refractivity (Wildman–Crippen MR) is 118 cm³/mol. The average Bonchev–Trinajstić information content (AvgIpc) is 2.59. The summed E-state index contributed by atoms with van der Waals surface area (Å²) >= 11 is 0. The minimum atomic E-state index is -3.33. The van der Waals surface area contributed by atoms with Gasteiger partial charge in [0.25, 0.3) is 0 Å². The normalized spacial score (nSPS) is 20.5. The molecule has 0 spiro atoms. The Balaban J connectivity index is 1.78. The third-order valence-corrected chi connectivity index (χ3v) is 7.04. The maximum absolute atomic E-state index is 12.2. The van der Waals surface area contributed by atoms with Crippen LogP contribution in [-0.2, 0) is 19.6 Å². The molecule has 1 aromatic rings. The highest BCUT2D eigenvalue weighted by molar-refractivity contribution is 7.90. The number of unbranched alkanes of at least 4 members (excludes halogenated alkanes) is 1. The first-order chi connectivity index (χ1) is 13.5. The Labute approximate surface area is 175 Å². The highest BCUT2D eigenvalue weighted by Crippen LogP contribution is 2.23. The highest BCUT2D eigenvalue weighted by Gasteiger charge is 2.28. The second kappa shape index (κ2) is 9.91. The van der Waals surface area contributed by atoms with Crippen LogP contribution in [0, 0.1) is 0 Å². The van der Waals surface area contributed by atoms with Gasteiger partial charge < -0.3 is 15.0 Å². The fourth-order valence-corrected chi connectivity index (χ4v) is 4.07. The van der Waals surface area contributed by atoms with E-state index in [1.165, 1.54) is 0 Å². The fourth-order valence-electron chi connectivity index (χ4n) is 3.23. The zero-order valence-electron chi connectivity index (χ0n) is 18.2. The molecule has 29 heavy (non-hydrogen) atoms. The molecule has 1 aliphatic rings. The summed E-state index contributed by atoms with van der Waals surface area (Å²) in [4.78, 5) is 14.5. The van der Waals surface area contributed by atoms with Crippen LogP contribution in [0.5, 0.6) is 0 Å². The SMILES string of the molecule is C[C@@H]1CN(c2cccc(NC(=O)CCCCNS(=O)(=O)C(C)(C)C)c2)C[C@H](C)O1. The number of morpholine rings is 1. The molecule has 7 nitrogen and oxygen atoms in total. The molecule has 0 aliphatic carbocycles. The number of amides is 1. The number of benzene rings is 1. The van der Waals surface area contributed by atoms with Crippen molar-refractivity contribution in [2.75, 3.05) is 29.9 Å². The molecule has 0 bridgehead atoms. The van der Waals surface area contributed by atoms with Crippen molar-refractivity contribution >= 4 is 27.3 Å². The summed E-state index contributed by atoms with van der Waals surface area (Å²) in [6.45, 7) is 11.1. The second-order valence-electron chi connectivity index (χ2n) is 8.73. The Morgan fingerprint density at radius 3 is 2.45 bits per heavy atom. The Kier molecular flexibility index (Phi) is 8.08. The van der Waals surface area contributed by atoms with Gasteiger partial charge in [0.2, 0.25) is 15.9 Å². The lowest BCUT2D eigenvalue weighted by Gasteiger charge is -2.37. The first-order valence-electron chi connectivity index (χ1n) is 10.3. The molecule has 1 saturated heterocycles. The van der Waals surface area contributed by atoms with Crippen LogP contribution >= 0.6 is 0 Å². The maximum atomic E-state index is 12.2. The van der Waals surface area contributed by atoms with E-state index in [9.17, 15) is 13.2 Å². The first-order valence-corrected chi connectivity index (χ1v) is 11.8. The third-order valence-electron chi connectivity index (χ3n) is 4.84. The number of sulfonamides is 1. The van der Waals surface area contributed by atoms with Gasteiger partial charge in [-0.15, -0.1) is 0 Å². The molecular formula is C21H35N3O4S. The first kappa shape index (κ1) is 23.6. The van der Waals surface area contributed by atoms with Crippen LogP contribution in [0.15, 0.2) is 24.3 Å². The minimum Gasteiger partial charge on any atom is -0.372 e. The summed E-state index contributed by atoms with van der Waals surface area (Å²) < 4.78 is 31.5. The minimum absolute atomic E-state index is 0.0652. The van der Waals surface area contributed by atoms with Gasteiger partial charge >= 0.3 is 0 Å². The van der Waals surface area contributed by atoms with E-state index in [0.29, 0.717) is 25.8 Å². The number of hydrogen-bond acceptors (Lipinski definition) is 5. The molecule has 8 heteroatoms. The van der Waals surface area contributed by atoms with Gasteiger partial charge in [-0.3, -0.25) is 4.79 Å². The summed E-state index contributed by atoms with van der Waals surface area (Å²) in [7, 11) is -3.33. The summed E-state index contributed by atoms with van der Waals surface area (Å²) in [6.07, 6.45) is 1.94. The molecule has 1 aromatic carbocycles. The molecule has 1 fully saturated rings. The number of anilines is 2. The van der Waals surface area contributed by atoms with Crippen molar-refractivity contribution in [3.05, 3.63) is 24.3 Å². The monoisotopic (exact) mass is 425 g/mol. The molecule has 1 amide bonds. The van der Waals surface area contributed by atoms with Crippen LogP contribution in [0.2, 0.25) is 0 Å². The van der Waals surface area contributed by atoms with Gasteiger partial charge in [0.15, 0.2) is 0 Å². The molecule has 2 atom stereocenters. The van der Waals surface area contributed by atoms with Crippen molar-refractivity contribution in [3.8, 4) is 0 Å². The summed E-state index contributed by atoms with van der Waals surface area (Å²) in [5.74, 6) is -0.0652. The van der Waals surface area contributed by atoms with Gasteiger partial charge in [-0.1, -0.05) is 6.07 Å². The van der Waals surface area contributed by atoms with E-state index in [2.05, 4.69) is 28.8 Å². The lowest BCUT2D eigenvalue weighted by atomic mass is 10.2. The van der Waals surface area contributed by atoms with E-state index in [1.807, 2.05) is 24.3 Å². The Morgan fingerprint density at radius 1 is 1.17 bits per heavy atom. The van der Waals surface area contributed by atoms with Gasteiger partial charge in [-0.2, -0.15) is 0 Å². The number of hydrogen-bond donors (Lipinski definition) is 2. The van der Waals surface area contributed by atoms with Crippen molar-refractivity contribution in [2.24, 2.45) is 0 Å². The van der Waals surface area contributed by atoms with E-state index in [4.69, 9.17) is 4.74 Å². The smallest absolute Gasteiger partial charge is 0.224 e. The van der Waals surface area contributed by atoms with Gasteiger partial charge in [0.1, 0.15) is 0 Å². The van der Waals surface area contributed by atoms with Crippen LogP contribution in [0.25, 0.3) is 0 Å². The van der Waals surface area contributed by atoms with E-state index in [0.717, 1.165) is 24.5 Å². The van der Waals surface area contributed by atoms with Crippen LogP contribution in [0.1, 0.15) is 53.9 Å². The van der Waals surface area contributed by atoms with E-state index >= 15 is 0 Å². The highest BCUT2D eigenvalue weighted by atomic mass is 32.2. The number of ether oxygens (including phenoxy) is 1. The van der Waals surface area contributed by atoms with Gasteiger partial charge in [0, 0.05) is 37.4 Å². The van der Waals surface area contributed by atoms with Gasteiger partial charge in [-0.05, 0) is 65.7 Å². The van der Waals surface area contributed by atoms with Gasteiger partial charge in [-0.25, -0.2) is 13.1 Å². The zero-order valence-corrected chi connectivity index (χ0v) is 19.0. The van der Waals surface area contributed by atoms with Gasteiger partial charge in [0.05, 0.1) is 17.0 Å². The van der Waals surface area contributed by atoms with Crippen molar-refractivity contribution in [2.45, 2.75) is 70.8 Å². The average molecular weight is 426 g/mol. The van der Waals surface area contributed by atoms with Crippen molar-refractivity contribution in [3.63, 3.8) is 0 Å². The molecule has 2 rings (SSSR count). The van der Waals surface area contributed by atoms with Crippen LogP contribution < -0.4 is 14.9 Å². The molecule has 0 radical (unpaired) electrons. The zero-order chi connectivity index (χ0) is 21.7. The molecule has 0 saturated carbocycles. The van der Waals surface area contributed by atoms with E-state index in [-0.39, 0.29) is 18.1 Å². The lowest BCUT2D eigenvalue weighted by molar-refractivity contribution is -0.116. The lowest BCUT2D eigenvalue weighted by Crippen LogP contribution is -2.45. The number of carbonyl (C=O) groups excluding carboxylic acids is 1. The predicted octanol–water partition coefficient (Wildman–Crippen LogP) is 3.13. The van der Waals surface area contributed by atoms with E-state index in [1.54, 1.807) is 20.8 Å². The number of nitrogens with zero attached hydrogens (tertiary/aromatic N) is 1. The van der Waals surface area contributed by atoms with Crippen molar-refractivity contribution in [1.29, 1.82) is 0 Å². The Morgan fingerprint density at radius 2 is 1.83 bits per heavy atom. The molecular weight excluding hydrogens is 390 g/mol. The van der Waals surface area contributed by atoms with Crippen LogP contribution in [-0.4, -0.2) is 50.9 Å². The molecule has 2 N–H and O–H groups in total. The number of rotatable bonds is 8. The standard InChI is InChI=1S/C21H35N3O4S/c1-16-14-24(15-17(2)28-16)19-10-8-9-18(13-19)23-20(25)11-6-7-12-22-29(26,27)21(3,4)5/h8-10,13,16-17,22H,6-7,11-12,14-15H2,1-5H3,(H,23,25)/t16-,17+. The van der Waals surface area contributed by atoms with Crippen molar-refractivity contribution < 1.29 is 17.9 Å². The number of carbonyl (C=O) groups is 1. The number of nitrogens with one attached hydrogen (secondary N) is 2. The molecule has 1 heterocycles. The second-order valence-corrected chi connectivity index (χ2v) is 11.2. The topological polar surface area (TPSA) is 87.7 Å². The quantitative estimate of drug-likeness (QED) is 0.625. The molecule has 0 unspecified atom stereocenters. The van der Waals surface area contributed by atoms with Crippen molar-refractivity contribution in [1.82, 2.24) is 4.72 Å². The summed E-state index contributed by atoms with van der Waals surface area (Å²) in [5, 5.41) is 2.94. The van der Waals surface area contributed by atoms with Crippen LogP contribution in [0.4, 0.5) is 11.4 Å². The molecule has 1 aliphatic heterocycles. The fraction of sp³-hybridized carbons (Fsp3) is 0.667. The Bertz CT molecular complexity index is 779.